The van der Waals surface area contributed by atoms with Gasteiger partial charge in [0.05, 0.1) is 6.10 Å². The third-order valence-corrected chi connectivity index (χ3v) is 3.02. The Balaban J connectivity index is 2.18. The van der Waals surface area contributed by atoms with Crippen molar-refractivity contribution in [1.29, 1.82) is 0 Å². The molecule has 1 aromatic heterocycles. The summed E-state index contributed by atoms with van der Waals surface area (Å²) in [6.07, 6.45) is 0.191. The largest absolute Gasteiger partial charge is 0.461 e. The van der Waals surface area contributed by atoms with Crippen LogP contribution < -0.4 is 0 Å². The molecular weight excluding hydrogens is 224 g/mol. The van der Waals surface area contributed by atoms with Crippen LogP contribution in [0.5, 0.6) is 0 Å². The lowest BCUT2D eigenvalue weighted by molar-refractivity contribution is 0.187. The van der Waals surface area contributed by atoms with Crippen molar-refractivity contribution < 1.29 is 9.52 Å². The molecule has 1 aromatic carbocycles. The maximum atomic E-state index is 9.32. The first-order valence-electron chi connectivity index (χ1n) is 6.43. The highest BCUT2D eigenvalue weighted by Gasteiger charge is 2.07. The molecule has 2 aromatic rings. The van der Waals surface area contributed by atoms with Gasteiger partial charge < -0.3 is 9.52 Å². The van der Waals surface area contributed by atoms with Gasteiger partial charge in [0.2, 0.25) is 0 Å². The fourth-order valence-corrected chi connectivity index (χ4v) is 1.97. The molecule has 1 unspecified atom stereocenters. The maximum Gasteiger partial charge on any atom is 0.134 e. The van der Waals surface area contributed by atoms with Crippen LogP contribution in [-0.2, 0) is 6.42 Å². The summed E-state index contributed by atoms with van der Waals surface area (Å²) in [6, 6.07) is 12.3. The van der Waals surface area contributed by atoms with E-state index in [9.17, 15) is 5.11 Å². The van der Waals surface area contributed by atoms with Gasteiger partial charge in [-0.2, -0.15) is 0 Å². The lowest BCUT2D eigenvalue weighted by Gasteiger charge is -2.05. The van der Waals surface area contributed by atoms with Crippen LogP contribution >= 0.6 is 0 Å². The molecule has 0 aliphatic heterocycles. The van der Waals surface area contributed by atoms with Crippen LogP contribution in [0, 0.1) is 0 Å². The molecule has 0 radical (unpaired) electrons. The standard InChI is InChI=1S/C16H20O2/c1-11(2)13-4-6-14(7-5-13)16-9-8-15(18-16)10-12(3)17/h4-9,11-12,17H,10H2,1-3H3. The highest BCUT2D eigenvalue weighted by atomic mass is 16.3. The Hall–Kier alpha value is -1.54. The van der Waals surface area contributed by atoms with Crippen molar-refractivity contribution in [3.8, 4) is 11.3 Å². The van der Waals surface area contributed by atoms with Gasteiger partial charge >= 0.3 is 0 Å². The van der Waals surface area contributed by atoms with Crippen molar-refractivity contribution >= 4 is 0 Å². The molecule has 0 bridgehead atoms. The average molecular weight is 244 g/mol. The maximum absolute atomic E-state index is 9.32. The Morgan fingerprint density at radius 1 is 1.00 bits per heavy atom. The molecule has 0 fully saturated rings. The van der Waals surface area contributed by atoms with Gasteiger partial charge in [-0.15, -0.1) is 0 Å². The fourth-order valence-electron chi connectivity index (χ4n) is 1.97. The summed E-state index contributed by atoms with van der Waals surface area (Å²) in [7, 11) is 0. The van der Waals surface area contributed by atoms with E-state index in [0.717, 1.165) is 17.1 Å². The molecule has 0 spiro atoms. The van der Waals surface area contributed by atoms with E-state index in [-0.39, 0.29) is 6.10 Å². The van der Waals surface area contributed by atoms with Crippen LogP contribution in [0.4, 0.5) is 0 Å². The third-order valence-electron chi connectivity index (χ3n) is 3.02. The smallest absolute Gasteiger partial charge is 0.134 e. The van der Waals surface area contributed by atoms with Crippen molar-refractivity contribution in [3.05, 3.63) is 47.7 Å². The second-order valence-corrected chi connectivity index (χ2v) is 5.10. The van der Waals surface area contributed by atoms with E-state index in [0.29, 0.717) is 12.3 Å². The summed E-state index contributed by atoms with van der Waals surface area (Å²) in [4.78, 5) is 0. The van der Waals surface area contributed by atoms with Crippen molar-refractivity contribution in [2.75, 3.05) is 0 Å². The Kier molecular flexibility index (Phi) is 3.87. The summed E-state index contributed by atoms with van der Waals surface area (Å²) in [5.41, 5.74) is 2.41. The quantitative estimate of drug-likeness (QED) is 0.882. The third kappa shape index (κ3) is 3.02. The van der Waals surface area contributed by atoms with E-state index in [1.807, 2.05) is 12.1 Å². The first-order valence-corrected chi connectivity index (χ1v) is 6.43. The molecular formula is C16H20O2. The minimum Gasteiger partial charge on any atom is -0.461 e. The zero-order valence-electron chi connectivity index (χ0n) is 11.2. The van der Waals surface area contributed by atoms with E-state index < -0.39 is 0 Å². The van der Waals surface area contributed by atoms with Gasteiger partial charge in [-0.25, -0.2) is 0 Å². The highest BCUT2D eigenvalue weighted by molar-refractivity contribution is 5.58. The molecule has 1 atom stereocenters. The molecule has 0 aliphatic carbocycles. The van der Waals surface area contributed by atoms with E-state index in [1.165, 1.54) is 5.56 Å². The van der Waals surface area contributed by atoms with Crippen LogP contribution in [0.3, 0.4) is 0 Å². The molecule has 2 nitrogen and oxygen atoms in total. The first kappa shape index (κ1) is 12.9. The molecule has 2 heteroatoms. The fraction of sp³-hybridized carbons (Fsp3) is 0.375. The minimum absolute atomic E-state index is 0.368. The topological polar surface area (TPSA) is 33.4 Å². The number of furan rings is 1. The Bertz CT molecular complexity index is 492. The minimum atomic E-state index is -0.368. The normalized spacial score (nSPS) is 12.9. The van der Waals surface area contributed by atoms with Crippen LogP contribution in [-0.4, -0.2) is 11.2 Å². The summed E-state index contributed by atoms with van der Waals surface area (Å²) >= 11 is 0. The second kappa shape index (κ2) is 5.40. The lowest BCUT2D eigenvalue weighted by atomic mass is 10.0. The van der Waals surface area contributed by atoms with E-state index >= 15 is 0 Å². The van der Waals surface area contributed by atoms with E-state index in [1.54, 1.807) is 6.92 Å². The molecule has 0 saturated heterocycles. The van der Waals surface area contributed by atoms with Gasteiger partial charge in [0.15, 0.2) is 0 Å². The molecule has 18 heavy (non-hydrogen) atoms. The second-order valence-electron chi connectivity index (χ2n) is 5.10. The summed E-state index contributed by atoms with van der Waals surface area (Å²) in [5, 5.41) is 9.32. The molecule has 0 aliphatic rings. The molecule has 0 saturated carbocycles. The van der Waals surface area contributed by atoms with Gasteiger partial charge in [0.25, 0.3) is 0 Å². The zero-order chi connectivity index (χ0) is 13.1. The Labute approximate surface area is 108 Å². The van der Waals surface area contributed by atoms with Crippen molar-refractivity contribution in [3.63, 3.8) is 0 Å². The number of rotatable bonds is 4. The van der Waals surface area contributed by atoms with Gasteiger partial charge in [-0.05, 0) is 30.5 Å². The van der Waals surface area contributed by atoms with Gasteiger partial charge in [-0.1, -0.05) is 38.1 Å². The van der Waals surface area contributed by atoms with Crippen molar-refractivity contribution in [1.82, 2.24) is 0 Å². The SMILES string of the molecule is CC(O)Cc1ccc(-c2ccc(C(C)C)cc2)o1. The van der Waals surface area contributed by atoms with Crippen LogP contribution in [0.15, 0.2) is 40.8 Å². The molecule has 0 amide bonds. The van der Waals surface area contributed by atoms with Gasteiger partial charge in [0.1, 0.15) is 11.5 Å². The zero-order valence-corrected chi connectivity index (χ0v) is 11.2. The van der Waals surface area contributed by atoms with Crippen molar-refractivity contribution in [2.45, 2.75) is 39.2 Å². The monoisotopic (exact) mass is 244 g/mol. The number of benzene rings is 1. The van der Waals surface area contributed by atoms with E-state index in [2.05, 4.69) is 38.1 Å². The van der Waals surface area contributed by atoms with E-state index in [4.69, 9.17) is 4.42 Å². The number of aliphatic hydroxyl groups is 1. The predicted molar refractivity (Wildman–Crippen MR) is 73.6 cm³/mol. The lowest BCUT2D eigenvalue weighted by Crippen LogP contribution is -2.02. The molecule has 96 valence electrons. The predicted octanol–water partition coefficient (Wildman–Crippen LogP) is 3.99. The average Bonchev–Trinajstić information content (AvgIpc) is 2.76. The summed E-state index contributed by atoms with van der Waals surface area (Å²) < 4.78 is 5.72. The summed E-state index contributed by atoms with van der Waals surface area (Å²) in [6.45, 7) is 6.13. The van der Waals surface area contributed by atoms with Gasteiger partial charge in [0, 0.05) is 12.0 Å². The number of aliphatic hydroxyl groups excluding tert-OH is 1. The van der Waals surface area contributed by atoms with Crippen LogP contribution in [0.2, 0.25) is 0 Å². The first-order chi connectivity index (χ1) is 8.56. The Morgan fingerprint density at radius 3 is 2.22 bits per heavy atom. The van der Waals surface area contributed by atoms with Gasteiger partial charge in [-0.3, -0.25) is 0 Å². The Morgan fingerprint density at radius 2 is 1.67 bits per heavy atom. The van der Waals surface area contributed by atoms with Crippen LogP contribution in [0.1, 0.15) is 38.0 Å². The molecule has 1 N–H and O–H groups in total. The van der Waals surface area contributed by atoms with Crippen LogP contribution in [0.25, 0.3) is 11.3 Å². The number of hydrogen-bond donors (Lipinski definition) is 1. The van der Waals surface area contributed by atoms with Crippen molar-refractivity contribution in [2.24, 2.45) is 0 Å². The molecule has 2 rings (SSSR count). The number of hydrogen-bond acceptors (Lipinski definition) is 2. The summed E-state index contributed by atoms with van der Waals surface area (Å²) in [5.74, 6) is 2.23. The molecule has 1 heterocycles. The highest BCUT2D eigenvalue weighted by Crippen LogP contribution is 2.25.